The summed E-state index contributed by atoms with van der Waals surface area (Å²) in [7, 11) is 0. The fourth-order valence-corrected chi connectivity index (χ4v) is 1.72. The first-order valence-electron chi connectivity index (χ1n) is 5.92. The average Bonchev–Trinajstić information content (AvgIpc) is 2.76. The molecule has 0 spiro atoms. The van der Waals surface area contributed by atoms with Gasteiger partial charge in [0.15, 0.2) is 0 Å². The lowest BCUT2D eigenvalue weighted by Crippen LogP contribution is -2.21. The van der Waals surface area contributed by atoms with Crippen molar-refractivity contribution < 1.29 is 4.79 Å². The molecule has 2 heterocycles. The highest BCUT2D eigenvalue weighted by Crippen LogP contribution is 2.14. The maximum absolute atomic E-state index is 11.8. The number of carbonyl (C=O) groups excluding carboxylic acids is 1. The van der Waals surface area contributed by atoms with Gasteiger partial charge in [0.1, 0.15) is 11.7 Å². The molecular weight excluding hydrogens is 282 g/mol. The highest BCUT2D eigenvalue weighted by Gasteiger charge is 2.13. The molecule has 0 aliphatic heterocycles. The van der Waals surface area contributed by atoms with Crippen LogP contribution >= 0.6 is 11.6 Å². The van der Waals surface area contributed by atoms with Crippen LogP contribution in [0.3, 0.4) is 0 Å². The van der Waals surface area contributed by atoms with E-state index in [1.807, 2.05) is 0 Å². The Hall–Kier alpha value is -2.15. The van der Waals surface area contributed by atoms with Crippen molar-refractivity contribution in [1.82, 2.24) is 19.7 Å². The van der Waals surface area contributed by atoms with Crippen molar-refractivity contribution in [3.8, 4) is 5.95 Å². The molecule has 8 heteroatoms. The lowest BCUT2D eigenvalue weighted by molar-refractivity contribution is -0.114. The van der Waals surface area contributed by atoms with E-state index < -0.39 is 0 Å². The van der Waals surface area contributed by atoms with Crippen molar-refractivity contribution in [3.63, 3.8) is 0 Å². The predicted octanol–water partition coefficient (Wildman–Crippen LogP) is 1.06. The number of aromatic amines is 1. The Morgan fingerprint density at radius 2 is 2.15 bits per heavy atom. The monoisotopic (exact) mass is 295 g/mol. The van der Waals surface area contributed by atoms with Crippen LogP contribution in [0.5, 0.6) is 0 Å². The van der Waals surface area contributed by atoms with E-state index in [1.54, 1.807) is 26.8 Å². The van der Waals surface area contributed by atoms with Crippen LogP contribution in [-0.4, -0.2) is 31.5 Å². The van der Waals surface area contributed by atoms with Gasteiger partial charge in [0, 0.05) is 17.3 Å². The topological polar surface area (TPSA) is 92.7 Å². The number of alkyl halides is 1. The Morgan fingerprint density at radius 3 is 2.75 bits per heavy atom. The maximum Gasteiger partial charge on any atom is 0.255 e. The minimum atomic E-state index is -0.362. The molecule has 0 radical (unpaired) electrons. The van der Waals surface area contributed by atoms with Crippen molar-refractivity contribution in [3.05, 3.63) is 33.4 Å². The highest BCUT2D eigenvalue weighted by atomic mass is 35.5. The fourth-order valence-electron chi connectivity index (χ4n) is 1.66. The third kappa shape index (κ3) is 2.72. The van der Waals surface area contributed by atoms with Gasteiger partial charge in [0.25, 0.3) is 5.56 Å². The first kappa shape index (κ1) is 14.3. The molecule has 0 atom stereocenters. The molecule has 106 valence electrons. The number of aryl methyl sites for hydroxylation is 2. The lowest BCUT2D eigenvalue weighted by atomic mass is 10.3. The molecule has 0 aliphatic carbocycles. The summed E-state index contributed by atoms with van der Waals surface area (Å²) in [5.74, 6) is 0.121. The quantitative estimate of drug-likeness (QED) is 0.828. The van der Waals surface area contributed by atoms with Crippen LogP contribution in [0.1, 0.15) is 17.0 Å². The summed E-state index contributed by atoms with van der Waals surface area (Å²) in [4.78, 5) is 30.1. The molecule has 2 aromatic heterocycles. The molecule has 1 amide bonds. The summed E-state index contributed by atoms with van der Waals surface area (Å²) in [6.07, 6.45) is 0. The van der Waals surface area contributed by atoms with E-state index in [0.29, 0.717) is 22.8 Å². The maximum atomic E-state index is 11.8. The number of aromatic nitrogens is 4. The number of carbonyl (C=O) groups is 1. The number of nitrogens with one attached hydrogen (secondary N) is 2. The van der Waals surface area contributed by atoms with E-state index in [2.05, 4.69) is 20.4 Å². The van der Waals surface area contributed by atoms with Gasteiger partial charge in [0.05, 0.1) is 5.69 Å². The molecule has 7 nitrogen and oxygen atoms in total. The first-order chi connectivity index (χ1) is 9.42. The molecule has 0 aromatic carbocycles. The van der Waals surface area contributed by atoms with Crippen LogP contribution in [0, 0.1) is 20.8 Å². The molecule has 0 saturated heterocycles. The van der Waals surface area contributed by atoms with Gasteiger partial charge >= 0.3 is 0 Å². The van der Waals surface area contributed by atoms with Crippen LogP contribution < -0.4 is 10.9 Å². The number of nitrogens with zero attached hydrogens (tertiary/aromatic N) is 3. The number of amides is 1. The summed E-state index contributed by atoms with van der Waals surface area (Å²) < 4.78 is 1.37. The summed E-state index contributed by atoms with van der Waals surface area (Å²) in [5, 5.41) is 6.81. The van der Waals surface area contributed by atoms with Crippen molar-refractivity contribution in [2.75, 3.05) is 11.2 Å². The molecule has 2 N–H and O–H groups in total. The van der Waals surface area contributed by atoms with Gasteiger partial charge in [-0.05, 0) is 20.8 Å². The number of rotatable bonds is 3. The third-order valence-corrected chi connectivity index (χ3v) is 3.05. The fraction of sp³-hybridized carbons (Fsp3) is 0.333. The van der Waals surface area contributed by atoms with E-state index in [-0.39, 0.29) is 23.3 Å². The minimum Gasteiger partial charge on any atom is -0.309 e. The smallest absolute Gasteiger partial charge is 0.255 e. The van der Waals surface area contributed by atoms with Gasteiger partial charge in [-0.25, -0.2) is 4.98 Å². The van der Waals surface area contributed by atoms with Crippen molar-refractivity contribution in [2.45, 2.75) is 20.8 Å². The number of H-pyrrole nitrogens is 1. The summed E-state index contributed by atoms with van der Waals surface area (Å²) in [5.41, 5.74) is 1.58. The van der Waals surface area contributed by atoms with Gasteiger partial charge in [-0.2, -0.15) is 9.78 Å². The van der Waals surface area contributed by atoms with Crippen LogP contribution in [0.25, 0.3) is 5.95 Å². The van der Waals surface area contributed by atoms with Crippen molar-refractivity contribution in [1.29, 1.82) is 0 Å². The Kier molecular flexibility index (Phi) is 3.89. The number of hydrogen-bond donors (Lipinski definition) is 2. The molecule has 0 aliphatic rings. The Bertz CT molecular complexity index is 719. The number of halogens is 1. The number of hydrogen-bond acceptors (Lipinski definition) is 4. The predicted molar refractivity (Wildman–Crippen MR) is 75.5 cm³/mol. The van der Waals surface area contributed by atoms with Gasteiger partial charge in [-0.15, -0.1) is 11.6 Å². The zero-order chi connectivity index (χ0) is 14.9. The molecule has 2 aromatic rings. The van der Waals surface area contributed by atoms with E-state index >= 15 is 0 Å². The van der Waals surface area contributed by atoms with Gasteiger partial charge in [-0.1, -0.05) is 0 Å². The molecule has 2 rings (SSSR count). The van der Waals surface area contributed by atoms with Crippen LogP contribution in [0.4, 0.5) is 5.82 Å². The second-order valence-electron chi connectivity index (χ2n) is 4.36. The molecule has 0 fully saturated rings. The Balaban J connectivity index is 2.52. The SMILES string of the molecule is Cc1cc(NC(=O)CCl)n(-c2nc(C)c(C)c(=O)[nH]2)n1. The van der Waals surface area contributed by atoms with Crippen LogP contribution in [0.15, 0.2) is 10.9 Å². The van der Waals surface area contributed by atoms with E-state index in [1.165, 1.54) is 4.68 Å². The largest absolute Gasteiger partial charge is 0.309 e. The average molecular weight is 296 g/mol. The van der Waals surface area contributed by atoms with Crippen LogP contribution in [0.2, 0.25) is 0 Å². The summed E-state index contributed by atoms with van der Waals surface area (Å²) >= 11 is 5.46. The second kappa shape index (κ2) is 5.46. The summed E-state index contributed by atoms with van der Waals surface area (Å²) in [6, 6.07) is 1.67. The zero-order valence-corrected chi connectivity index (χ0v) is 12.1. The van der Waals surface area contributed by atoms with E-state index in [4.69, 9.17) is 11.6 Å². The van der Waals surface area contributed by atoms with E-state index in [0.717, 1.165) is 0 Å². The summed E-state index contributed by atoms with van der Waals surface area (Å²) in [6.45, 7) is 5.20. The zero-order valence-electron chi connectivity index (χ0n) is 11.3. The standard InChI is InChI=1S/C12H14ClN5O2/c1-6-4-9(15-10(19)5-13)18(17-6)12-14-8(3)7(2)11(20)16-12/h4H,5H2,1-3H3,(H,15,19)(H,14,16,20). The van der Waals surface area contributed by atoms with Crippen molar-refractivity contribution in [2.24, 2.45) is 0 Å². The van der Waals surface area contributed by atoms with Gasteiger partial charge in [0.2, 0.25) is 11.9 Å². The molecule has 0 saturated carbocycles. The third-order valence-electron chi connectivity index (χ3n) is 2.80. The Labute approximate surface area is 120 Å². The van der Waals surface area contributed by atoms with Gasteiger partial charge in [-0.3, -0.25) is 14.6 Å². The molecular formula is C12H14ClN5O2. The normalized spacial score (nSPS) is 10.6. The molecule has 0 bridgehead atoms. The van der Waals surface area contributed by atoms with Crippen LogP contribution in [-0.2, 0) is 4.79 Å². The lowest BCUT2D eigenvalue weighted by Gasteiger charge is -2.08. The van der Waals surface area contributed by atoms with Gasteiger partial charge < -0.3 is 5.32 Å². The number of anilines is 1. The second-order valence-corrected chi connectivity index (χ2v) is 4.63. The van der Waals surface area contributed by atoms with Crippen molar-refractivity contribution >= 4 is 23.3 Å². The first-order valence-corrected chi connectivity index (χ1v) is 6.46. The molecule has 0 unspecified atom stereocenters. The minimum absolute atomic E-state index is 0.166. The molecule has 20 heavy (non-hydrogen) atoms. The highest BCUT2D eigenvalue weighted by molar-refractivity contribution is 6.29. The Morgan fingerprint density at radius 1 is 1.45 bits per heavy atom. The van der Waals surface area contributed by atoms with E-state index in [9.17, 15) is 9.59 Å².